The Morgan fingerprint density at radius 2 is 1.95 bits per heavy atom. The van der Waals surface area contributed by atoms with Crippen molar-refractivity contribution in [2.45, 2.75) is 13.0 Å². The van der Waals surface area contributed by atoms with Crippen molar-refractivity contribution in [2.75, 3.05) is 7.11 Å². The van der Waals surface area contributed by atoms with Crippen molar-refractivity contribution < 1.29 is 9.53 Å². The number of carbonyl (C=O) groups excluding carboxylic acids is 1. The van der Waals surface area contributed by atoms with Crippen molar-refractivity contribution >= 4 is 17.5 Å². The molecule has 1 amide bonds. The molecule has 1 unspecified atom stereocenters. The summed E-state index contributed by atoms with van der Waals surface area (Å²) >= 11 is 5.89. The third kappa shape index (κ3) is 3.52. The van der Waals surface area contributed by atoms with E-state index in [1.165, 1.54) is 0 Å². The number of nitrogens with one attached hydrogen (secondary N) is 1. The molecule has 0 fully saturated rings. The molecule has 0 aliphatic carbocycles. The maximum Gasteiger partial charge on any atom is 0.251 e. The first kappa shape index (κ1) is 14.4. The number of benzene rings is 2. The molecule has 0 heterocycles. The van der Waals surface area contributed by atoms with E-state index >= 15 is 0 Å². The Kier molecular flexibility index (Phi) is 4.64. The van der Waals surface area contributed by atoms with Crippen LogP contribution in [0.25, 0.3) is 0 Å². The molecule has 0 saturated carbocycles. The van der Waals surface area contributed by atoms with E-state index in [-0.39, 0.29) is 11.9 Å². The van der Waals surface area contributed by atoms with Gasteiger partial charge >= 0.3 is 0 Å². The normalized spacial score (nSPS) is 11.8. The van der Waals surface area contributed by atoms with Gasteiger partial charge in [-0.3, -0.25) is 4.79 Å². The molecular formula is C16H16ClNO2. The second-order valence-corrected chi connectivity index (χ2v) is 4.92. The standard InChI is InChI=1S/C16H16ClNO2/c1-11(12-5-4-8-15(10-12)20-2)18-16(19)13-6-3-7-14(17)9-13/h3-11H,1-2H3,(H,18,19). The Balaban J connectivity index is 2.10. The molecule has 4 heteroatoms. The maximum absolute atomic E-state index is 12.1. The Morgan fingerprint density at radius 1 is 1.20 bits per heavy atom. The second-order valence-electron chi connectivity index (χ2n) is 4.48. The van der Waals surface area contributed by atoms with Gasteiger partial charge in [-0.2, -0.15) is 0 Å². The van der Waals surface area contributed by atoms with Crippen LogP contribution in [0.4, 0.5) is 0 Å². The molecule has 2 rings (SSSR count). The minimum atomic E-state index is -0.150. The van der Waals surface area contributed by atoms with Crippen LogP contribution in [-0.4, -0.2) is 13.0 Å². The zero-order chi connectivity index (χ0) is 14.5. The lowest BCUT2D eigenvalue weighted by molar-refractivity contribution is 0.0940. The van der Waals surface area contributed by atoms with Gasteiger partial charge in [-0.1, -0.05) is 29.8 Å². The van der Waals surface area contributed by atoms with Crippen LogP contribution in [0.15, 0.2) is 48.5 Å². The molecule has 1 N–H and O–H groups in total. The average Bonchev–Trinajstić information content (AvgIpc) is 2.47. The average molecular weight is 290 g/mol. The van der Waals surface area contributed by atoms with Crippen LogP contribution < -0.4 is 10.1 Å². The maximum atomic E-state index is 12.1. The van der Waals surface area contributed by atoms with Crippen molar-refractivity contribution in [2.24, 2.45) is 0 Å². The van der Waals surface area contributed by atoms with Crippen molar-refractivity contribution in [3.8, 4) is 5.75 Å². The summed E-state index contributed by atoms with van der Waals surface area (Å²) in [6.45, 7) is 1.93. The number of hydrogen-bond donors (Lipinski definition) is 1. The Hall–Kier alpha value is -2.00. The fraction of sp³-hybridized carbons (Fsp3) is 0.188. The summed E-state index contributed by atoms with van der Waals surface area (Å²) in [5.74, 6) is 0.620. The van der Waals surface area contributed by atoms with Gasteiger partial charge in [0.25, 0.3) is 5.91 Å². The van der Waals surface area contributed by atoms with Crippen LogP contribution in [0, 0.1) is 0 Å². The van der Waals surface area contributed by atoms with E-state index in [9.17, 15) is 4.79 Å². The number of amides is 1. The van der Waals surface area contributed by atoms with Crippen LogP contribution in [0.5, 0.6) is 5.75 Å². The summed E-state index contributed by atoms with van der Waals surface area (Å²) in [4.78, 5) is 12.1. The molecule has 0 aromatic heterocycles. The van der Waals surface area contributed by atoms with Gasteiger partial charge in [0, 0.05) is 10.6 Å². The lowest BCUT2D eigenvalue weighted by atomic mass is 10.1. The zero-order valence-electron chi connectivity index (χ0n) is 11.4. The van der Waals surface area contributed by atoms with Gasteiger partial charge in [-0.25, -0.2) is 0 Å². The number of hydrogen-bond acceptors (Lipinski definition) is 2. The highest BCUT2D eigenvalue weighted by Gasteiger charge is 2.12. The highest BCUT2D eigenvalue weighted by Crippen LogP contribution is 2.19. The van der Waals surface area contributed by atoms with Gasteiger partial charge in [-0.15, -0.1) is 0 Å². The molecule has 0 spiro atoms. The first-order chi connectivity index (χ1) is 9.60. The van der Waals surface area contributed by atoms with Crippen molar-refractivity contribution in [3.05, 3.63) is 64.7 Å². The number of rotatable bonds is 4. The summed E-state index contributed by atoms with van der Waals surface area (Å²) in [5, 5.41) is 3.49. The zero-order valence-corrected chi connectivity index (χ0v) is 12.1. The summed E-state index contributed by atoms with van der Waals surface area (Å²) < 4.78 is 5.18. The fourth-order valence-electron chi connectivity index (χ4n) is 1.90. The molecule has 2 aromatic carbocycles. The molecule has 2 aromatic rings. The van der Waals surface area contributed by atoms with Crippen molar-refractivity contribution in [1.29, 1.82) is 0 Å². The predicted molar refractivity (Wildman–Crippen MR) is 80.3 cm³/mol. The van der Waals surface area contributed by atoms with E-state index in [0.29, 0.717) is 10.6 Å². The van der Waals surface area contributed by atoms with Gasteiger partial charge in [0.05, 0.1) is 13.2 Å². The van der Waals surface area contributed by atoms with E-state index in [4.69, 9.17) is 16.3 Å². The SMILES string of the molecule is COc1cccc(C(C)NC(=O)c2cccc(Cl)c2)c1. The topological polar surface area (TPSA) is 38.3 Å². The van der Waals surface area contributed by atoms with Crippen LogP contribution in [0.1, 0.15) is 28.9 Å². The van der Waals surface area contributed by atoms with Gasteiger partial charge in [0.1, 0.15) is 5.75 Å². The monoisotopic (exact) mass is 289 g/mol. The van der Waals surface area contributed by atoms with E-state index in [1.807, 2.05) is 31.2 Å². The molecule has 1 atom stereocenters. The summed E-state index contributed by atoms with van der Waals surface area (Å²) in [5.41, 5.74) is 1.53. The first-order valence-corrected chi connectivity index (χ1v) is 6.68. The van der Waals surface area contributed by atoms with E-state index < -0.39 is 0 Å². The third-order valence-electron chi connectivity index (χ3n) is 3.03. The van der Waals surface area contributed by atoms with E-state index in [2.05, 4.69) is 5.32 Å². The molecule has 3 nitrogen and oxygen atoms in total. The van der Waals surface area contributed by atoms with Crippen molar-refractivity contribution in [3.63, 3.8) is 0 Å². The van der Waals surface area contributed by atoms with Crippen LogP contribution in [-0.2, 0) is 0 Å². The fourth-order valence-corrected chi connectivity index (χ4v) is 2.09. The van der Waals surface area contributed by atoms with Gasteiger partial charge in [0.15, 0.2) is 0 Å². The first-order valence-electron chi connectivity index (χ1n) is 6.30. The molecule has 104 valence electrons. The van der Waals surface area contributed by atoms with E-state index in [0.717, 1.165) is 11.3 Å². The Bertz CT molecular complexity index is 613. The Labute approximate surface area is 123 Å². The van der Waals surface area contributed by atoms with E-state index in [1.54, 1.807) is 31.4 Å². The van der Waals surface area contributed by atoms with Crippen molar-refractivity contribution in [1.82, 2.24) is 5.32 Å². The minimum Gasteiger partial charge on any atom is -0.497 e. The lowest BCUT2D eigenvalue weighted by Crippen LogP contribution is -2.26. The lowest BCUT2D eigenvalue weighted by Gasteiger charge is -2.15. The van der Waals surface area contributed by atoms with Crippen LogP contribution in [0.2, 0.25) is 5.02 Å². The third-order valence-corrected chi connectivity index (χ3v) is 3.26. The largest absolute Gasteiger partial charge is 0.497 e. The second kappa shape index (κ2) is 6.44. The molecule has 0 radical (unpaired) electrons. The number of halogens is 1. The predicted octanol–water partition coefficient (Wildman–Crippen LogP) is 3.84. The number of carbonyl (C=O) groups is 1. The summed E-state index contributed by atoms with van der Waals surface area (Å²) in [6.07, 6.45) is 0. The highest BCUT2D eigenvalue weighted by atomic mass is 35.5. The molecule has 0 bridgehead atoms. The highest BCUT2D eigenvalue weighted by molar-refractivity contribution is 6.30. The van der Waals surface area contributed by atoms with Crippen LogP contribution in [0.3, 0.4) is 0 Å². The van der Waals surface area contributed by atoms with Gasteiger partial charge in [0.2, 0.25) is 0 Å². The molecule has 0 aliphatic rings. The quantitative estimate of drug-likeness (QED) is 0.929. The number of methoxy groups -OCH3 is 1. The summed E-state index contributed by atoms with van der Waals surface area (Å²) in [6, 6.07) is 14.4. The molecule has 0 saturated heterocycles. The molecular weight excluding hydrogens is 274 g/mol. The Morgan fingerprint density at radius 3 is 2.65 bits per heavy atom. The van der Waals surface area contributed by atoms with Gasteiger partial charge < -0.3 is 10.1 Å². The minimum absolute atomic E-state index is 0.114. The van der Waals surface area contributed by atoms with Crippen LogP contribution >= 0.6 is 11.6 Å². The smallest absolute Gasteiger partial charge is 0.251 e. The molecule has 20 heavy (non-hydrogen) atoms. The number of ether oxygens (including phenoxy) is 1. The summed E-state index contributed by atoms with van der Waals surface area (Å²) in [7, 11) is 1.62. The van der Waals surface area contributed by atoms with Gasteiger partial charge in [-0.05, 0) is 42.8 Å². The molecule has 0 aliphatic heterocycles.